The lowest BCUT2D eigenvalue weighted by Gasteiger charge is -2.12. The van der Waals surface area contributed by atoms with E-state index in [0.29, 0.717) is 11.3 Å². The monoisotopic (exact) mass is 387 g/mol. The molecule has 0 saturated heterocycles. The fourth-order valence-electron chi connectivity index (χ4n) is 2.57. The van der Waals surface area contributed by atoms with Crippen molar-refractivity contribution in [3.05, 3.63) is 48.3 Å². The van der Waals surface area contributed by atoms with E-state index in [1.54, 1.807) is 29.1 Å². The second kappa shape index (κ2) is 7.09. The third kappa shape index (κ3) is 3.69. The zero-order chi connectivity index (χ0) is 19.8. The second-order valence-electron chi connectivity index (χ2n) is 6.59. The summed E-state index contributed by atoms with van der Waals surface area (Å²) < 4.78 is 27.1. The number of amides is 1. The van der Waals surface area contributed by atoms with E-state index in [1.807, 2.05) is 13.8 Å². The van der Waals surface area contributed by atoms with Crippen LogP contribution in [-0.2, 0) is 10.0 Å². The standard InChI is InChI=1S/C18H21N5O3S/c1-12(2)23-17-13(11-20-23)9-14(10-19-17)18(24)21-15-5-7-16(8-6-15)27(25,26)22(3)4/h5-12H,1-4H3,(H,21,24). The van der Waals surface area contributed by atoms with E-state index in [-0.39, 0.29) is 16.8 Å². The van der Waals surface area contributed by atoms with Gasteiger partial charge in [-0.25, -0.2) is 22.4 Å². The van der Waals surface area contributed by atoms with Crippen LogP contribution in [0.2, 0.25) is 0 Å². The third-order valence-electron chi connectivity index (χ3n) is 4.08. The Labute approximate surface area is 157 Å². The van der Waals surface area contributed by atoms with Gasteiger partial charge in [0.15, 0.2) is 5.65 Å². The van der Waals surface area contributed by atoms with Crippen molar-refractivity contribution in [2.75, 3.05) is 19.4 Å². The number of sulfonamides is 1. The molecule has 0 aliphatic heterocycles. The van der Waals surface area contributed by atoms with Crippen molar-refractivity contribution in [2.24, 2.45) is 0 Å². The molecule has 0 fully saturated rings. The van der Waals surface area contributed by atoms with Crippen LogP contribution in [0.1, 0.15) is 30.2 Å². The van der Waals surface area contributed by atoms with E-state index in [9.17, 15) is 13.2 Å². The number of anilines is 1. The highest BCUT2D eigenvalue weighted by atomic mass is 32.2. The summed E-state index contributed by atoms with van der Waals surface area (Å²) in [6.07, 6.45) is 3.18. The summed E-state index contributed by atoms with van der Waals surface area (Å²) in [5.74, 6) is -0.329. The Morgan fingerprint density at radius 2 is 1.81 bits per heavy atom. The molecule has 8 nitrogen and oxygen atoms in total. The smallest absolute Gasteiger partial charge is 0.257 e. The fraction of sp³-hybridized carbons (Fsp3) is 0.278. The largest absolute Gasteiger partial charge is 0.322 e. The Bertz CT molecular complexity index is 1090. The van der Waals surface area contributed by atoms with Crippen molar-refractivity contribution in [1.29, 1.82) is 0 Å². The van der Waals surface area contributed by atoms with Gasteiger partial charge in [-0.15, -0.1) is 0 Å². The van der Waals surface area contributed by atoms with Gasteiger partial charge in [0.25, 0.3) is 5.91 Å². The highest BCUT2D eigenvalue weighted by molar-refractivity contribution is 7.89. The molecule has 0 radical (unpaired) electrons. The van der Waals surface area contributed by atoms with Crippen LogP contribution >= 0.6 is 0 Å². The van der Waals surface area contributed by atoms with Gasteiger partial charge in [-0.3, -0.25) is 4.79 Å². The van der Waals surface area contributed by atoms with Crippen molar-refractivity contribution < 1.29 is 13.2 Å². The van der Waals surface area contributed by atoms with Gasteiger partial charge in [0.2, 0.25) is 10.0 Å². The van der Waals surface area contributed by atoms with Crippen LogP contribution in [-0.4, -0.2) is 47.5 Å². The van der Waals surface area contributed by atoms with Crippen LogP contribution in [0, 0.1) is 0 Å². The number of benzene rings is 1. The molecule has 1 amide bonds. The van der Waals surface area contributed by atoms with Crippen molar-refractivity contribution in [3.8, 4) is 0 Å². The number of carbonyl (C=O) groups excluding carboxylic acids is 1. The zero-order valence-corrected chi connectivity index (χ0v) is 16.4. The predicted molar refractivity (Wildman–Crippen MR) is 103 cm³/mol. The molecule has 0 saturated carbocycles. The van der Waals surface area contributed by atoms with Crippen LogP contribution in [0.4, 0.5) is 5.69 Å². The Kier molecular flexibility index (Phi) is 4.99. The predicted octanol–water partition coefficient (Wildman–Crippen LogP) is 2.51. The molecule has 3 rings (SSSR count). The Hall–Kier alpha value is -2.78. The Morgan fingerprint density at radius 3 is 2.41 bits per heavy atom. The molecule has 9 heteroatoms. The van der Waals surface area contributed by atoms with Gasteiger partial charge in [0, 0.05) is 37.4 Å². The first-order valence-electron chi connectivity index (χ1n) is 8.37. The van der Waals surface area contributed by atoms with E-state index < -0.39 is 10.0 Å². The molecule has 1 N–H and O–H groups in total. The molecule has 1 aromatic carbocycles. The fourth-order valence-corrected chi connectivity index (χ4v) is 3.47. The summed E-state index contributed by atoms with van der Waals surface area (Å²) in [6.45, 7) is 4.02. The van der Waals surface area contributed by atoms with Crippen molar-refractivity contribution in [1.82, 2.24) is 19.1 Å². The van der Waals surface area contributed by atoms with E-state index in [4.69, 9.17) is 0 Å². The van der Waals surface area contributed by atoms with Crippen molar-refractivity contribution >= 4 is 32.7 Å². The van der Waals surface area contributed by atoms with Gasteiger partial charge in [0.1, 0.15) is 0 Å². The number of rotatable bonds is 5. The first-order valence-corrected chi connectivity index (χ1v) is 9.81. The van der Waals surface area contributed by atoms with Gasteiger partial charge in [-0.05, 0) is 44.2 Å². The summed E-state index contributed by atoms with van der Waals surface area (Å²) >= 11 is 0. The molecular formula is C18H21N5O3S. The number of hydrogen-bond donors (Lipinski definition) is 1. The van der Waals surface area contributed by atoms with E-state index >= 15 is 0 Å². The molecule has 142 valence electrons. The lowest BCUT2D eigenvalue weighted by atomic mass is 10.2. The summed E-state index contributed by atoms with van der Waals surface area (Å²) in [5, 5.41) is 7.81. The van der Waals surface area contributed by atoms with Gasteiger partial charge in [-0.1, -0.05) is 0 Å². The lowest BCUT2D eigenvalue weighted by molar-refractivity contribution is 0.102. The number of pyridine rings is 1. The van der Waals surface area contributed by atoms with Crippen molar-refractivity contribution in [2.45, 2.75) is 24.8 Å². The average Bonchev–Trinajstić information content (AvgIpc) is 3.05. The van der Waals surface area contributed by atoms with E-state index in [1.165, 1.54) is 32.4 Å². The lowest BCUT2D eigenvalue weighted by Crippen LogP contribution is -2.22. The zero-order valence-electron chi connectivity index (χ0n) is 15.5. The van der Waals surface area contributed by atoms with Crippen LogP contribution in [0.5, 0.6) is 0 Å². The summed E-state index contributed by atoms with van der Waals surface area (Å²) in [7, 11) is -0.566. The SMILES string of the molecule is CC(C)n1ncc2cc(C(=O)Nc3ccc(S(=O)(=O)N(C)C)cc3)cnc21. The maximum atomic E-state index is 12.5. The molecule has 0 aliphatic carbocycles. The number of nitrogens with zero attached hydrogens (tertiary/aromatic N) is 4. The second-order valence-corrected chi connectivity index (χ2v) is 8.74. The van der Waals surface area contributed by atoms with Gasteiger partial charge in [-0.2, -0.15) is 5.10 Å². The number of hydrogen-bond acceptors (Lipinski definition) is 5. The average molecular weight is 387 g/mol. The number of fused-ring (bicyclic) bond motifs is 1. The quantitative estimate of drug-likeness (QED) is 0.725. The topological polar surface area (TPSA) is 97.2 Å². The Balaban J connectivity index is 1.80. The molecule has 0 atom stereocenters. The molecule has 0 bridgehead atoms. The van der Waals surface area contributed by atoms with Crippen LogP contribution in [0.25, 0.3) is 11.0 Å². The molecular weight excluding hydrogens is 366 g/mol. The normalized spacial score (nSPS) is 12.1. The highest BCUT2D eigenvalue weighted by Gasteiger charge is 2.17. The maximum Gasteiger partial charge on any atom is 0.257 e. The highest BCUT2D eigenvalue weighted by Crippen LogP contribution is 2.19. The third-order valence-corrected chi connectivity index (χ3v) is 5.90. The first kappa shape index (κ1) is 19.0. The first-order chi connectivity index (χ1) is 12.7. The molecule has 27 heavy (non-hydrogen) atoms. The summed E-state index contributed by atoms with van der Waals surface area (Å²) in [6, 6.07) is 7.92. The van der Waals surface area contributed by atoms with E-state index in [2.05, 4.69) is 15.4 Å². The molecule has 2 heterocycles. The maximum absolute atomic E-state index is 12.5. The minimum atomic E-state index is -3.50. The van der Waals surface area contributed by atoms with Crippen molar-refractivity contribution in [3.63, 3.8) is 0 Å². The number of carbonyl (C=O) groups is 1. The molecule has 2 aromatic heterocycles. The molecule has 0 unspecified atom stereocenters. The van der Waals surface area contributed by atoms with E-state index in [0.717, 1.165) is 15.3 Å². The van der Waals surface area contributed by atoms with Gasteiger partial charge in [0.05, 0.1) is 16.7 Å². The molecule has 0 spiro atoms. The minimum absolute atomic E-state index is 0.162. The van der Waals surface area contributed by atoms with Crippen LogP contribution < -0.4 is 5.32 Å². The van der Waals surface area contributed by atoms with Crippen LogP contribution in [0.15, 0.2) is 47.6 Å². The van der Waals surface area contributed by atoms with Gasteiger partial charge < -0.3 is 5.32 Å². The number of aromatic nitrogens is 3. The number of nitrogens with one attached hydrogen (secondary N) is 1. The van der Waals surface area contributed by atoms with Gasteiger partial charge >= 0.3 is 0 Å². The molecule has 0 aliphatic rings. The molecule has 3 aromatic rings. The summed E-state index contributed by atoms with van der Waals surface area (Å²) in [4.78, 5) is 17.0. The van der Waals surface area contributed by atoms with Crippen LogP contribution in [0.3, 0.4) is 0 Å². The Morgan fingerprint density at radius 1 is 1.15 bits per heavy atom. The minimum Gasteiger partial charge on any atom is -0.322 e. The summed E-state index contributed by atoms with van der Waals surface area (Å²) in [5.41, 5.74) is 1.62.